The van der Waals surface area contributed by atoms with Crippen molar-refractivity contribution in [1.82, 2.24) is 10.2 Å². The fourth-order valence-electron chi connectivity index (χ4n) is 3.28. The van der Waals surface area contributed by atoms with Crippen LogP contribution >= 0.6 is 0 Å². The van der Waals surface area contributed by atoms with Crippen molar-refractivity contribution < 1.29 is 4.74 Å². The van der Waals surface area contributed by atoms with Gasteiger partial charge in [0.25, 0.3) is 0 Å². The van der Waals surface area contributed by atoms with Crippen LogP contribution in [0.2, 0.25) is 0 Å². The summed E-state index contributed by atoms with van der Waals surface area (Å²) < 4.78 is 5.45. The maximum Gasteiger partial charge on any atom is 0.0594 e. The van der Waals surface area contributed by atoms with Crippen molar-refractivity contribution in [2.45, 2.75) is 51.1 Å². The standard InChI is InChI=1S/C15H28N2O/c1-15(2,17-7-9-18-10-8-17)11-16-14(12-3-4-12)13-5-6-13/h12-14,16H,3-11H2,1-2H3. The summed E-state index contributed by atoms with van der Waals surface area (Å²) in [5.41, 5.74) is 0.270. The summed E-state index contributed by atoms with van der Waals surface area (Å²) in [4.78, 5) is 2.58. The molecule has 3 rings (SSSR count). The van der Waals surface area contributed by atoms with Gasteiger partial charge in [0.2, 0.25) is 0 Å². The largest absolute Gasteiger partial charge is 0.379 e. The molecule has 0 aromatic carbocycles. The highest BCUT2D eigenvalue weighted by molar-refractivity contribution is 4.98. The fraction of sp³-hybridized carbons (Fsp3) is 1.00. The van der Waals surface area contributed by atoms with Crippen LogP contribution in [-0.2, 0) is 4.74 Å². The molecule has 0 radical (unpaired) electrons. The van der Waals surface area contributed by atoms with Gasteiger partial charge in [-0.1, -0.05) is 0 Å². The van der Waals surface area contributed by atoms with E-state index in [0.29, 0.717) is 0 Å². The molecule has 0 aromatic heterocycles. The number of ether oxygens (including phenoxy) is 1. The minimum absolute atomic E-state index is 0.270. The third-order valence-electron chi connectivity index (χ3n) is 4.90. The van der Waals surface area contributed by atoms with Gasteiger partial charge >= 0.3 is 0 Å². The molecule has 18 heavy (non-hydrogen) atoms. The van der Waals surface area contributed by atoms with E-state index in [1.807, 2.05) is 0 Å². The lowest BCUT2D eigenvalue weighted by Crippen LogP contribution is -2.56. The summed E-state index contributed by atoms with van der Waals surface area (Å²) in [5.74, 6) is 2.00. The van der Waals surface area contributed by atoms with Crippen molar-refractivity contribution in [2.75, 3.05) is 32.8 Å². The van der Waals surface area contributed by atoms with Gasteiger partial charge in [-0.3, -0.25) is 4.90 Å². The molecule has 0 amide bonds. The molecule has 3 fully saturated rings. The Kier molecular flexibility index (Phi) is 3.65. The van der Waals surface area contributed by atoms with E-state index in [1.165, 1.54) is 25.7 Å². The summed E-state index contributed by atoms with van der Waals surface area (Å²) in [6.45, 7) is 9.86. The number of hydrogen-bond donors (Lipinski definition) is 1. The highest BCUT2D eigenvalue weighted by atomic mass is 16.5. The number of rotatable bonds is 6. The first-order chi connectivity index (χ1) is 8.67. The first-order valence-corrected chi connectivity index (χ1v) is 7.73. The zero-order valence-corrected chi connectivity index (χ0v) is 12.0. The Balaban J connectivity index is 1.50. The van der Waals surface area contributed by atoms with Crippen molar-refractivity contribution in [2.24, 2.45) is 11.8 Å². The molecular formula is C15H28N2O. The van der Waals surface area contributed by atoms with Gasteiger partial charge in [0.15, 0.2) is 0 Å². The lowest BCUT2D eigenvalue weighted by atomic mass is 9.99. The quantitative estimate of drug-likeness (QED) is 0.781. The van der Waals surface area contributed by atoms with Gasteiger partial charge in [0, 0.05) is 31.2 Å². The highest BCUT2D eigenvalue weighted by Gasteiger charge is 2.42. The summed E-state index contributed by atoms with van der Waals surface area (Å²) in [5, 5.41) is 3.90. The van der Waals surface area contributed by atoms with E-state index in [-0.39, 0.29) is 5.54 Å². The first-order valence-electron chi connectivity index (χ1n) is 7.73. The Hall–Kier alpha value is -0.120. The number of nitrogens with zero attached hydrogens (tertiary/aromatic N) is 1. The highest BCUT2D eigenvalue weighted by Crippen LogP contribution is 2.44. The maximum atomic E-state index is 5.45. The van der Waals surface area contributed by atoms with Gasteiger partial charge in [0.1, 0.15) is 0 Å². The summed E-state index contributed by atoms with van der Waals surface area (Å²) >= 11 is 0. The Morgan fingerprint density at radius 2 is 1.67 bits per heavy atom. The molecule has 2 aliphatic carbocycles. The van der Waals surface area contributed by atoms with Gasteiger partial charge in [-0.05, 0) is 51.4 Å². The molecule has 0 atom stereocenters. The third-order valence-corrected chi connectivity index (χ3v) is 4.90. The number of nitrogens with one attached hydrogen (secondary N) is 1. The second-order valence-electron chi connectivity index (χ2n) is 6.99. The van der Waals surface area contributed by atoms with Crippen LogP contribution in [0.1, 0.15) is 39.5 Å². The monoisotopic (exact) mass is 252 g/mol. The molecule has 0 unspecified atom stereocenters. The van der Waals surface area contributed by atoms with Crippen LogP contribution < -0.4 is 5.32 Å². The van der Waals surface area contributed by atoms with E-state index < -0.39 is 0 Å². The molecule has 1 saturated heterocycles. The minimum Gasteiger partial charge on any atom is -0.379 e. The summed E-state index contributed by atoms with van der Waals surface area (Å²) in [6, 6.07) is 0.824. The van der Waals surface area contributed by atoms with Crippen LogP contribution in [0, 0.1) is 11.8 Å². The molecule has 1 N–H and O–H groups in total. The lowest BCUT2D eigenvalue weighted by Gasteiger charge is -2.41. The predicted molar refractivity (Wildman–Crippen MR) is 73.7 cm³/mol. The van der Waals surface area contributed by atoms with Crippen LogP contribution in [0.4, 0.5) is 0 Å². The molecular weight excluding hydrogens is 224 g/mol. The van der Waals surface area contributed by atoms with Crippen LogP contribution in [0.5, 0.6) is 0 Å². The Morgan fingerprint density at radius 3 is 2.17 bits per heavy atom. The maximum absolute atomic E-state index is 5.45. The zero-order valence-electron chi connectivity index (χ0n) is 12.0. The van der Waals surface area contributed by atoms with Crippen LogP contribution in [0.3, 0.4) is 0 Å². The topological polar surface area (TPSA) is 24.5 Å². The van der Waals surface area contributed by atoms with E-state index in [0.717, 1.165) is 50.7 Å². The van der Waals surface area contributed by atoms with Gasteiger partial charge in [-0.2, -0.15) is 0 Å². The molecule has 0 bridgehead atoms. The van der Waals surface area contributed by atoms with Crippen LogP contribution in [-0.4, -0.2) is 49.3 Å². The third kappa shape index (κ3) is 3.06. The lowest BCUT2D eigenvalue weighted by molar-refractivity contribution is -0.0107. The first kappa shape index (κ1) is 12.9. The van der Waals surface area contributed by atoms with E-state index >= 15 is 0 Å². The van der Waals surface area contributed by atoms with Crippen molar-refractivity contribution >= 4 is 0 Å². The Labute approximate surface area is 111 Å². The molecule has 1 aliphatic heterocycles. The molecule has 3 nitrogen and oxygen atoms in total. The predicted octanol–water partition coefficient (Wildman–Crippen LogP) is 1.88. The molecule has 1 heterocycles. The normalized spacial score (nSPS) is 26.8. The zero-order chi connectivity index (χ0) is 12.6. The second kappa shape index (κ2) is 5.10. The second-order valence-corrected chi connectivity index (χ2v) is 6.99. The molecule has 0 aromatic rings. The SMILES string of the molecule is CC(C)(CNC(C1CC1)C1CC1)N1CCOCC1. The molecule has 0 spiro atoms. The molecule has 3 aliphatic rings. The van der Waals surface area contributed by atoms with E-state index in [2.05, 4.69) is 24.1 Å². The van der Waals surface area contributed by atoms with Gasteiger partial charge in [-0.25, -0.2) is 0 Å². The van der Waals surface area contributed by atoms with Crippen LogP contribution in [0.15, 0.2) is 0 Å². The summed E-state index contributed by atoms with van der Waals surface area (Å²) in [6.07, 6.45) is 5.86. The van der Waals surface area contributed by atoms with Crippen LogP contribution in [0.25, 0.3) is 0 Å². The van der Waals surface area contributed by atoms with E-state index in [4.69, 9.17) is 4.74 Å². The number of morpholine rings is 1. The van der Waals surface area contributed by atoms with Crippen molar-refractivity contribution in [3.8, 4) is 0 Å². The van der Waals surface area contributed by atoms with Gasteiger partial charge in [0.05, 0.1) is 13.2 Å². The Bertz CT molecular complexity index is 266. The molecule has 104 valence electrons. The van der Waals surface area contributed by atoms with Crippen molar-refractivity contribution in [3.05, 3.63) is 0 Å². The van der Waals surface area contributed by atoms with Crippen molar-refractivity contribution in [3.63, 3.8) is 0 Å². The molecule has 3 heteroatoms. The minimum atomic E-state index is 0.270. The smallest absolute Gasteiger partial charge is 0.0594 e. The van der Waals surface area contributed by atoms with Gasteiger partial charge < -0.3 is 10.1 Å². The average Bonchev–Trinajstić information content (AvgIpc) is 3.24. The number of hydrogen-bond acceptors (Lipinski definition) is 3. The Morgan fingerprint density at radius 1 is 1.11 bits per heavy atom. The van der Waals surface area contributed by atoms with Crippen molar-refractivity contribution in [1.29, 1.82) is 0 Å². The van der Waals surface area contributed by atoms with E-state index in [1.54, 1.807) is 0 Å². The fourth-order valence-corrected chi connectivity index (χ4v) is 3.28. The van der Waals surface area contributed by atoms with Gasteiger partial charge in [-0.15, -0.1) is 0 Å². The van der Waals surface area contributed by atoms with E-state index in [9.17, 15) is 0 Å². The summed E-state index contributed by atoms with van der Waals surface area (Å²) in [7, 11) is 0. The average molecular weight is 252 g/mol. The molecule has 2 saturated carbocycles.